The minimum absolute atomic E-state index is 0.0353. The second-order valence-electron chi connectivity index (χ2n) is 4.52. The predicted octanol–water partition coefficient (Wildman–Crippen LogP) is -0.454. The zero-order valence-corrected chi connectivity index (χ0v) is 11.8. The second kappa shape index (κ2) is 7.64. The van der Waals surface area contributed by atoms with Gasteiger partial charge in [-0.25, -0.2) is 4.79 Å². The van der Waals surface area contributed by atoms with Gasteiger partial charge in [0.1, 0.15) is 6.54 Å². The van der Waals surface area contributed by atoms with Crippen LogP contribution in [0, 0.1) is 0 Å². The molecule has 1 amide bonds. The number of rotatable bonds is 7. The van der Waals surface area contributed by atoms with Crippen molar-refractivity contribution in [1.29, 1.82) is 0 Å². The van der Waals surface area contributed by atoms with Crippen LogP contribution in [0.15, 0.2) is 21.9 Å². The van der Waals surface area contributed by atoms with Gasteiger partial charge in [0.25, 0.3) is 5.56 Å². The van der Waals surface area contributed by atoms with E-state index in [-0.39, 0.29) is 31.6 Å². The third-order valence-electron chi connectivity index (χ3n) is 3.25. The Morgan fingerprint density at radius 3 is 2.55 bits per heavy atom. The summed E-state index contributed by atoms with van der Waals surface area (Å²) in [4.78, 5) is 38.5. The molecule has 0 saturated heterocycles. The molecule has 0 bridgehead atoms. The number of nitrogens with one attached hydrogen (secondary N) is 1. The summed E-state index contributed by atoms with van der Waals surface area (Å²) in [6.45, 7) is 3.91. The van der Waals surface area contributed by atoms with E-state index in [0.29, 0.717) is 0 Å². The molecule has 7 heteroatoms. The number of aromatic amines is 1. The highest BCUT2D eigenvalue weighted by Gasteiger charge is 2.20. The van der Waals surface area contributed by atoms with E-state index in [0.717, 1.165) is 17.4 Å². The van der Waals surface area contributed by atoms with Crippen LogP contribution >= 0.6 is 0 Å². The van der Waals surface area contributed by atoms with E-state index in [4.69, 9.17) is 5.11 Å². The zero-order chi connectivity index (χ0) is 15.1. The molecule has 20 heavy (non-hydrogen) atoms. The number of hydrogen-bond acceptors (Lipinski definition) is 4. The van der Waals surface area contributed by atoms with Crippen LogP contribution in [0.25, 0.3) is 0 Å². The van der Waals surface area contributed by atoms with Crippen molar-refractivity contribution < 1.29 is 9.90 Å². The van der Waals surface area contributed by atoms with E-state index < -0.39 is 11.2 Å². The quantitative estimate of drug-likeness (QED) is 0.708. The number of aliphatic hydroxyl groups excluding tert-OH is 1. The minimum atomic E-state index is -0.612. The first kappa shape index (κ1) is 16.2. The molecule has 1 aromatic rings. The topological polar surface area (TPSA) is 95.4 Å². The van der Waals surface area contributed by atoms with E-state index >= 15 is 0 Å². The highest BCUT2D eigenvalue weighted by Crippen LogP contribution is 2.09. The lowest BCUT2D eigenvalue weighted by molar-refractivity contribution is -0.135. The first-order valence-corrected chi connectivity index (χ1v) is 6.73. The number of carbonyl (C=O) groups is 1. The van der Waals surface area contributed by atoms with Crippen LogP contribution in [0.2, 0.25) is 0 Å². The van der Waals surface area contributed by atoms with Crippen molar-refractivity contribution in [3.63, 3.8) is 0 Å². The lowest BCUT2D eigenvalue weighted by Crippen LogP contribution is -2.44. The summed E-state index contributed by atoms with van der Waals surface area (Å²) in [5.41, 5.74) is -1.11. The average Bonchev–Trinajstić information content (AvgIpc) is 2.42. The number of amides is 1. The summed E-state index contributed by atoms with van der Waals surface area (Å²) in [5, 5.41) is 9.07. The van der Waals surface area contributed by atoms with E-state index in [1.165, 1.54) is 12.3 Å². The van der Waals surface area contributed by atoms with Crippen LogP contribution in [-0.2, 0) is 11.3 Å². The molecule has 112 valence electrons. The van der Waals surface area contributed by atoms with Crippen molar-refractivity contribution in [3.8, 4) is 0 Å². The maximum atomic E-state index is 12.3. The van der Waals surface area contributed by atoms with Gasteiger partial charge in [-0.2, -0.15) is 0 Å². The van der Waals surface area contributed by atoms with Crippen molar-refractivity contribution in [2.45, 2.75) is 39.3 Å². The van der Waals surface area contributed by atoms with Crippen LogP contribution in [0.5, 0.6) is 0 Å². The Hall–Kier alpha value is -1.89. The number of hydrogen-bond donors (Lipinski definition) is 2. The van der Waals surface area contributed by atoms with E-state index in [1.54, 1.807) is 4.90 Å². The molecule has 0 saturated carbocycles. The van der Waals surface area contributed by atoms with Gasteiger partial charge in [-0.1, -0.05) is 13.8 Å². The van der Waals surface area contributed by atoms with Crippen molar-refractivity contribution in [2.24, 2.45) is 0 Å². The lowest BCUT2D eigenvalue weighted by Gasteiger charge is -2.30. The number of aromatic nitrogens is 2. The van der Waals surface area contributed by atoms with E-state index in [9.17, 15) is 14.4 Å². The number of H-pyrrole nitrogens is 1. The highest BCUT2D eigenvalue weighted by molar-refractivity contribution is 5.76. The Morgan fingerprint density at radius 2 is 2.05 bits per heavy atom. The summed E-state index contributed by atoms with van der Waals surface area (Å²) >= 11 is 0. The van der Waals surface area contributed by atoms with Crippen LogP contribution in [-0.4, -0.2) is 44.7 Å². The van der Waals surface area contributed by atoms with Gasteiger partial charge in [-0.15, -0.1) is 0 Å². The van der Waals surface area contributed by atoms with Gasteiger partial charge in [0, 0.05) is 24.8 Å². The molecule has 0 aromatic carbocycles. The maximum Gasteiger partial charge on any atom is 0.328 e. The molecular weight excluding hydrogens is 262 g/mol. The first-order valence-electron chi connectivity index (χ1n) is 6.73. The molecule has 1 heterocycles. The SMILES string of the molecule is CCC(CC)N(CCO)C(=O)Cn1ccc(=O)[nH]c1=O. The van der Waals surface area contributed by atoms with Gasteiger partial charge in [0.05, 0.1) is 6.61 Å². The largest absolute Gasteiger partial charge is 0.395 e. The average molecular weight is 283 g/mol. The van der Waals surface area contributed by atoms with E-state index in [2.05, 4.69) is 4.98 Å². The fourth-order valence-electron chi connectivity index (χ4n) is 2.15. The molecule has 0 spiro atoms. The molecule has 0 aliphatic rings. The third-order valence-corrected chi connectivity index (χ3v) is 3.25. The molecule has 1 rings (SSSR count). The molecule has 0 aliphatic carbocycles. The molecule has 2 N–H and O–H groups in total. The fraction of sp³-hybridized carbons (Fsp3) is 0.615. The normalized spacial score (nSPS) is 10.8. The van der Waals surface area contributed by atoms with Crippen molar-refractivity contribution >= 4 is 5.91 Å². The Bertz CT molecular complexity index is 545. The molecule has 0 atom stereocenters. The van der Waals surface area contributed by atoms with Crippen molar-refractivity contribution in [3.05, 3.63) is 33.1 Å². The maximum absolute atomic E-state index is 12.3. The van der Waals surface area contributed by atoms with Crippen molar-refractivity contribution in [1.82, 2.24) is 14.5 Å². The van der Waals surface area contributed by atoms with Gasteiger partial charge in [0.15, 0.2) is 0 Å². The zero-order valence-electron chi connectivity index (χ0n) is 11.8. The molecule has 0 fully saturated rings. The Balaban J connectivity index is 2.90. The van der Waals surface area contributed by atoms with Crippen LogP contribution in [0.1, 0.15) is 26.7 Å². The second-order valence-corrected chi connectivity index (χ2v) is 4.52. The Labute approximate surface area is 116 Å². The van der Waals surface area contributed by atoms with Gasteiger partial charge < -0.3 is 10.0 Å². The molecular formula is C13H21N3O4. The molecule has 0 aliphatic heterocycles. The highest BCUT2D eigenvalue weighted by atomic mass is 16.3. The van der Waals surface area contributed by atoms with Gasteiger partial charge in [0.2, 0.25) is 5.91 Å². The number of nitrogens with zero attached hydrogens (tertiary/aromatic N) is 2. The summed E-state index contributed by atoms with van der Waals surface area (Å²) in [6.07, 6.45) is 2.86. The Morgan fingerprint density at radius 1 is 1.40 bits per heavy atom. The first-order chi connectivity index (χ1) is 9.53. The van der Waals surface area contributed by atoms with Gasteiger partial charge in [-0.05, 0) is 12.8 Å². The minimum Gasteiger partial charge on any atom is -0.395 e. The lowest BCUT2D eigenvalue weighted by atomic mass is 10.1. The smallest absolute Gasteiger partial charge is 0.328 e. The molecule has 7 nitrogen and oxygen atoms in total. The molecule has 1 aromatic heterocycles. The summed E-state index contributed by atoms with van der Waals surface area (Å²) < 4.78 is 1.15. The summed E-state index contributed by atoms with van der Waals surface area (Å²) in [6, 6.07) is 1.23. The number of carbonyl (C=O) groups excluding carboxylic acids is 1. The predicted molar refractivity (Wildman–Crippen MR) is 74.5 cm³/mol. The fourth-order valence-corrected chi connectivity index (χ4v) is 2.15. The van der Waals surface area contributed by atoms with Gasteiger partial charge >= 0.3 is 5.69 Å². The monoisotopic (exact) mass is 283 g/mol. The number of aliphatic hydroxyl groups is 1. The van der Waals surface area contributed by atoms with Gasteiger partial charge in [-0.3, -0.25) is 19.1 Å². The third kappa shape index (κ3) is 4.06. The molecule has 0 unspecified atom stereocenters. The summed E-state index contributed by atoms with van der Waals surface area (Å²) in [5.74, 6) is -0.248. The Kier molecular flexibility index (Phi) is 6.17. The van der Waals surface area contributed by atoms with Crippen LogP contribution in [0.3, 0.4) is 0 Å². The van der Waals surface area contributed by atoms with Crippen molar-refractivity contribution in [2.75, 3.05) is 13.2 Å². The molecule has 0 radical (unpaired) electrons. The summed E-state index contributed by atoms with van der Waals surface area (Å²) in [7, 11) is 0. The standard InChI is InChI=1S/C13H21N3O4/c1-3-10(4-2)16(7-8-17)12(19)9-15-6-5-11(18)14-13(15)20/h5-6,10,17H,3-4,7-9H2,1-2H3,(H,14,18,20). The van der Waals surface area contributed by atoms with Crippen LogP contribution in [0.4, 0.5) is 0 Å². The van der Waals surface area contributed by atoms with E-state index in [1.807, 2.05) is 13.8 Å². The van der Waals surface area contributed by atoms with Crippen LogP contribution < -0.4 is 11.2 Å².